The summed E-state index contributed by atoms with van der Waals surface area (Å²) in [6.45, 7) is 8.43. The molecule has 0 aliphatic heterocycles. The molecule has 2 amide bonds. The molecule has 0 aromatic carbocycles. The molecule has 0 aromatic rings. The van der Waals surface area contributed by atoms with Gasteiger partial charge in [-0.25, -0.2) is 0 Å². The molecule has 9 heteroatoms. The van der Waals surface area contributed by atoms with Gasteiger partial charge in [-0.15, -0.1) is 0 Å². The Balaban J connectivity index is 0. The predicted octanol–water partition coefficient (Wildman–Crippen LogP) is 0.233. The lowest BCUT2D eigenvalue weighted by Gasteiger charge is -2.16. The molecule has 0 heterocycles. The van der Waals surface area contributed by atoms with Crippen molar-refractivity contribution in [2.45, 2.75) is 71.8 Å². The van der Waals surface area contributed by atoms with E-state index in [0.29, 0.717) is 26.2 Å². The molecule has 0 saturated heterocycles. The van der Waals surface area contributed by atoms with Gasteiger partial charge in [0.2, 0.25) is 11.8 Å². The number of hydrogen-bond acceptors (Lipinski definition) is 7. The Morgan fingerprint density at radius 1 is 0.933 bits per heavy atom. The van der Waals surface area contributed by atoms with E-state index in [4.69, 9.17) is 11.5 Å². The molecule has 0 radical (unpaired) electrons. The second-order valence-corrected chi connectivity index (χ2v) is 6.98. The Hall–Kier alpha value is -1.55. The number of amides is 2. The number of unbranched alkanes of at least 4 members (excludes halogenated alkanes) is 2. The summed E-state index contributed by atoms with van der Waals surface area (Å²) in [5, 5.41) is 12.1. The molecule has 0 aromatic heterocycles. The summed E-state index contributed by atoms with van der Waals surface area (Å²) in [6, 6.07) is -0.302. The highest BCUT2D eigenvalue weighted by Crippen LogP contribution is 2.12. The Kier molecular flexibility index (Phi) is 22.6. The van der Waals surface area contributed by atoms with Crippen LogP contribution in [0.15, 0.2) is 0 Å². The third kappa shape index (κ3) is 17.3. The van der Waals surface area contributed by atoms with Crippen LogP contribution < -0.4 is 32.7 Å². The molecule has 0 rings (SSSR count). The maximum absolute atomic E-state index is 12.3. The number of ketones is 1. The molecule has 178 valence electrons. The van der Waals surface area contributed by atoms with E-state index in [9.17, 15) is 14.4 Å². The second-order valence-electron chi connectivity index (χ2n) is 6.98. The summed E-state index contributed by atoms with van der Waals surface area (Å²) in [4.78, 5) is 34.4. The molecular weight excluding hydrogens is 384 g/mol. The zero-order chi connectivity index (χ0) is 23.2. The average molecular weight is 431 g/mol. The van der Waals surface area contributed by atoms with Gasteiger partial charge in [-0.2, -0.15) is 0 Å². The number of carbonyl (C=O) groups excluding carboxylic acids is 3. The minimum Gasteiger partial charge on any atom is -0.368 e. The molecule has 2 atom stereocenters. The summed E-state index contributed by atoms with van der Waals surface area (Å²) >= 11 is 0. The summed E-state index contributed by atoms with van der Waals surface area (Å²) < 4.78 is 0. The maximum atomic E-state index is 12.3. The van der Waals surface area contributed by atoms with Crippen LogP contribution in [0.4, 0.5) is 0 Å². The van der Waals surface area contributed by atoms with Crippen molar-refractivity contribution in [1.82, 2.24) is 21.3 Å². The molecule has 9 nitrogen and oxygen atoms in total. The van der Waals surface area contributed by atoms with E-state index in [1.165, 1.54) is 0 Å². The number of Topliss-reactive ketones (excluding diaryl/α,β-unsaturated/α-hetero) is 1. The van der Waals surface area contributed by atoms with Gasteiger partial charge < -0.3 is 27.4 Å². The van der Waals surface area contributed by atoms with Gasteiger partial charge in [0.1, 0.15) is 0 Å². The Morgan fingerprint density at radius 2 is 1.57 bits per heavy atom. The van der Waals surface area contributed by atoms with Crippen LogP contribution in [0.5, 0.6) is 0 Å². The minimum absolute atomic E-state index is 0.00619. The van der Waals surface area contributed by atoms with Crippen molar-refractivity contribution in [2.24, 2.45) is 17.4 Å². The first-order valence-electron chi connectivity index (χ1n) is 11.3. The van der Waals surface area contributed by atoms with Crippen LogP contribution in [-0.4, -0.2) is 63.5 Å². The number of primary amides is 1. The number of rotatable bonds is 19. The van der Waals surface area contributed by atoms with Crippen molar-refractivity contribution in [3.63, 3.8) is 0 Å². The van der Waals surface area contributed by atoms with Gasteiger partial charge in [0.05, 0.1) is 19.1 Å². The molecule has 0 aliphatic rings. The highest BCUT2D eigenvalue weighted by Gasteiger charge is 2.16. The van der Waals surface area contributed by atoms with Crippen LogP contribution in [0.1, 0.15) is 65.7 Å². The molecule has 0 aliphatic carbocycles. The minimum atomic E-state index is -0.341. The monoisotopic (exact) mass is 430 g/mol. The van der Waals surface area contributed by atoms with Gasteiger partial charge in [0.25, 0.3) is 0 Å². The lowest BCUT2D eigenvalue weighted by Crippen LogP contribution is -2.39. The van der Waals surface area contributed by atoms with E-state index in [-0.39, 0.29) is 36.1 Å². The van der Waals surface area contributed by atoms with E-state index in [2.05, 4.69) is 21.3 Å². The fourth-order valence-electron chi connectivity index (χ4n) is 2.87. The third-order valence-electron chi connectivity index (χ3n) is 4.73. The van der Waals surface area contributed by atoms with Crippen LogP contribution in [-0.2, 0) is 14.4 Å². The molecule has 8 N–H and O–H groups in total. The molecule has 0 spiro atoms. The summed E-state index contributed by atoms with van der Waals surface area (Å²) in [5.41, 5.74) is 10.5. The van der Waals surface area contributed by atoms with E-state index in [1.54, 1.807) is 7.05 Å². The van der Waals surface area contributed by atoms with Crippen molar-refractivity contribution in [3.8, 4) is 0 Å². The van der Waals surface area contributed by atoms with Crippen molar-refractivity contribution in [1.29, 1.82) is 0 Å². The zero-order valence-corrected chi connectivity index (χ0v) is 19.5. The number of carbonyl (C=O) groups is 3. The predicted molar refractivity (Wildman–Crippen MR) is 123 cm³/mol. The topological polar surface area (TPSA) is 151 Å². The van der Waals surface area contributed by atoms with Gasteiger partial charge in [0.15, 0.2) is 5.78 Å². The molecule has 0 bridgehead atoms. The first-order chi connectivity index (χ1) is 14.5. The van der Waals surface area contributed by atoms with Crippen molar-refractivity contribution < 1.29 is 14.4 Å². The number of hydrogen-bond donors (Lipinski definition) is 6. The van der Waals surface area contributed by atoms with Gasteiger partial charge in [-0.3, -0.25) is 19.7 Å². The first-order valence-corrected chi connectivity index (χ1v) is 11.3. The Bertz CT molecular complexity index is 448. The van der Waals surface area contributed by atoms with Gasteiger partial charge in [-0.1, -0.05) is 27.2 Å². The van der Waals surface area contributed by atoms with Crippen LogP contribution in [0, 0.1) is 5.92 Å². The second kappa shape index (κ2) is 22.1. The highest BCUT2D eigenvalue weighted by molar-refractivity contribution is 5.82. The first kappa shape index (κ1) is 30.6. The molecule has 0 unspecified atom stereocenters. The Labute approximate surface area is 182 Å². The molecule has 0 saturated carbocycles. The van der Waals surface area contributed by atoms with Gasteiger partial charge in [-0.05, 0) is 52.1 Å². The number of nitrogens with two attached hydrogens (primary N) is 2. The number of nitrogens with one attached hydrogen (secondary N) is 4. The number of likely N-dealkylation sites (N-methyl/N-ethyl adjacent to an activating group) is 1. The molecule has 0 fully saturated rings. The van der Waals surface area contributed by atoms with Crippen LogP contribution >= 0.6 is 0 Å². The van der Waals surface area contributed by atoms with Crippen LogP contribution in [0.3, 0.4) is 0 Å². The van der Waals surface area contributed by atoms with Gasteiger partial charge >= 0.3 is 0 Å². The summed E-state index contributed by atoms with van der Waals surface area (Å²) in [7, 11) is 1.72. The normalized spacial score (nSPS) is 12.4. The fourth-order valence-corrected chi connectivity index (χ4v) is 2.87. The van der Waals surface area contributed by atoms with E-state index < -0.39 is 0 Å². The van der Waals surface area contributed by atoms with Crippen LogP contribution in [0.25, 0.3) is 0 Å². The highest BCUT2D eigenvalue weighted by atomic mass is 16.2. The van der Waals surface area contributed by atoms with E-state index in [1.807, 2.05) is 20.8 Å². The van der Waals surface area contributed by atoms with Gasteiger partial charge in [0, 0.05) is 19.1 Å². The standard InChI is InChI=1S/C19H40N6O3.C2H6/c1-3-15(8-4-6-10-23-14-24-13-16(26)12-20)19(28)25-11-7-5-9-17(22-2)18(21)27;1-2/h15,17,22-24H,3-14,20H2,1-2H3,(H2,21,27)(H,25,28);1-2H3/t15-,17-;/m0./s1. The lowest BCUT2D eigenvalue weighted by molar-refractivity contribution is -0.125. The summed E-state index contributed by atoms with van der Waals surface area (Å²) in [6.07, 6.45) is 6.00. The zero-order valence-electron chi connectivity index (χ0n) is 19.5. The van der Waals surface area contributed by atoms with E-state index in [0.717, 1.165) is 45.1 Å². The van der Waals surface area contributed by atoms with Crippen LogP contribution in [0.2, 0.25) is 0 Å². The Morgan fingerprint density at radius 3 is 2.13 bits per heavy atom. The largest absolute Gasteiger partial charge is 0.368 e. The van der Waals surface area contributed by atoms with Crippen molar-refractivity contribution >= 4 is 17.6 Å². The quantitative estimate of drug-likeness (QED) is 0.127. The molecule has 30 heavy (non-hydrogen) atoms. The summed E-state index contributed by atoms with van der Waals surface area (Å²) in [5.74, 6) is -0.200. The maximum Gasteiger partial charge on any atom is 0.234 e. The lowest BCUT2D eigenvalue weighted by atomic mass is 9.98. The smallest absolute Gasteiger partial charge is 0.234 e. The molecular formula is C21H46N6O3. The SMILES string of the molecule is CC.CC[C@@H](CCCCNCNCC(=O)CN)C(=O)NCCCC[C@H](NC)C(N)=O. The van der Waals surface area contributed by atoms with Crippen molar-refractivity contribution in [3.05, 3.63) is 0 Å². The third-order valence-corrected chi connectivity index (χ3v) is 4.73. The fraction of sp³-hybridized carbons (Fsp3) is 0.857. The van der Waals surface area contributed by atoms with Crippen molar-refractivity contribution in [2.75, 3.05) is 39.9 Å². The average Bonchev–Trinajstić information content (AvgIpc) is 2.75. The van der Waals surface area contributed by atoms with E-state index >= 15 is 0 Å².